The topological polar surface area (TPSA) is 15.8 Å². The van der Waals surface area contributed by atoms with E-state index in [9.17, 15) is 0 Å². The molecule has 0 saturated heterocycles. The van der Waals surface area contributed by atoms with Crippen molar-refractivity contribution in [2.75, 3.05) is 0 Å². The number of aromatic nitrogens is 1. The molecule has 0 unspecified atom stereocenters. The molecule has 1 heterocycles. The van der Waals surface area contributed by atoms with Gasteiger partial charge >= 0.3 is 0 Å². The molecule has 0 atom stereocenters. The van der Waals surface area contributed by atoms with Crippen molar-refractivity contribution in [3.8, 4) is 22.4 Å². The van der Waals surface area contributed by atoms with Gasteiger partial charge in [-0.2, -0.15) is 0 Å². The molecule has 0 aliphatic rings. The van der Waals surface area contributed by atoms with Gasteiger partial charge in [-0.15, -0.1) is 11.3 Å². The van der Waals surface area contributed by atoms with Crippen LogP contribution in [-0.4, -0.2) is 4.98 Å². The third kappa shape index (κ3) is 2.28. The van der Waals surface area contributed by atoms with Crippen LogP contribution in [-0.2, 0) is 0 Å². The van der Waals surface area contributed by atoms with Gasteiger partial charge in [-0.25, -0.2) is 0 Å². The van der Waals surface area contributed by atoms with E-state index in [2.05, 4.69) is 58.9 Å². The SMILES string of the molecule is S=c1[nH]c(-c2ccc(-c3ccccc3)cc2)cs1. The molecule has 0 spiro atoms. The predicted molar refractivity (Wildman–Crippen MR) is 80.4 cm³/mol. The Labute approximate surface area is 115 Å². The number of rotatable bonds is 2. The predicted octanol–water partition coefficient (Wildman–Crippen LogP) is 5.14. The van der Waals surface area contributed by atoms with Gasteiger partial charge in [0.1, 0.15) is 0 Å². The maximum Gasteiger partial charge on any atom is 0.158 e. The van der Waals surface area contributed by atoms with Crippen molar-refractivity contribution in [1.82, 2.24) is 4.98 Å². The summed E-state index contributed by atoms with van der Waals surface area (Å²) >= 11 is 6.66. The summed E-state index contributed by atoms with van der Waals surface area (Å²) < 4.78 is 0.817. The molecule has 0 saturated carbocycles. The molecular formula is C15H11NS2. The number of hydrogen-bond acceptors (Lipinski definition) is 2. The zero-order chi connectivity index (χ0) is 12.4. The van der Waals surface area contributed by atoms with Crippen LogP contribution in [0.4, 0.5) is 0 Å². The van der Waals surface area contributed by atoms with E-state index in [1.54, 1.807) is 11.3 Å². The molecular weight excluding hydrogens is 258 g/mol. The molecule has 88 valence electrons. The highest BCUT2D eigenvalue weighted by atomic mass is 32.1. The standard InChI is InChI=1S/C15H11NS2/c17-15-16-14(10-18-15)13-8-6-12(7-9-13)11-4-2-1-3-5-11/h1-10H,(H,16,17). The van der Waals surface area contributed by atoms with Gasteiger partial charge in [-0.3, -0.25) is 0 Å². The Morgan fingerprint density at radius 2 is 1.39 bits per heavy atom. The van der Waals surface area contributed by atoms with Crippen molar-refractivity contribution in [1.29, 1.82) is 0 Å². The van der Waals surface area contributed by atoms with Crippen LogP contribution >= 0.6 is 23.6 Å². The van der Waals surface area contributed by atoms with E-state index < -0.39 is 0 Å². The Kier molecular flexibility index (Phi) is 3.09. The fourth-order valence-corrected chi connectivity index (χ4v) is 2.74. The lowest BCUT2D eigenvalue weighted by Gasteiger charge is -2.03. The first-order chi connectivity index (χ1) is 8.83. The summed E-state index contributed by atoms with van der Waals surface area (Å²) in [7, 11) is 0. The Hall–Kier alpha value is -1.71. The third-order valence-corrected chi connectivity index (χ3v) is 3.88. The lowest BCUT2D eigenvalue weighted by molar-refractivity contribution is 1.39. The van der Waals surface area contributed by atoms with E-state index in [-0.39, 0.29) is 0 Å². The van der Waals surface area contributed by atoms with Crippen molar-refractivity contribution >= 4 is 23.6 Å². The zero-order valence-electron chi connectivity index (χ0n) is 9.59. The fraction of sp³-hybridized carbons (Fsp3) is 0. The lowest BCUT2D eigenvalue weighted by atomic mass is 10.0. The fourth-order valence-electron chi connectivity index (χ4n) is 1.89. The van der Waals surface area contributed by atoms with Crippen LogP contribution in [0.2, 0.25) is 0 Å². The van der Waals surface area contributed by atoms with E-state index in [4.69, 9.17) is 12.2 Å². The molecule has 1 N–H and O–H groups in total. The summed E-state index contributed by atoms with van der Waals surface area (Å²) in [5.74, 6) is 0. The van der Waals surface area contributed by atoms with E-state index in [0.29, 0.717) is 0 Å². The van der Waals surface area contributed by atoms with Gasteiger partial charge < -0.3 is 4.98 Å². The highest BCUT2D eigenvalue weighted by Gasteiger charge is 2.00. The van der Waals surface area contributed by atoms with Gasteiger partial charge in [0.25, 0.3) is 0 Å². The first-order valence-electron chi connectivity index (χ1n) is 5.66. The average Bonchev–Trinajstić information content (AvgIpc) is 2.87. The van der Waals surface area contributed by atoms with Crippen LogP contribution in [0.15, 0.2) is 60.0 Å². The van der Waals surface area contributed by atoms with E-state index in [0.717, 1.165) is 9.65 Å². The molecule has 1 nitrogen and oxygen atoms in total. The van der Waals surface area contributed by atoms with E-state index in [1.807, 2.05) is 6.07 Å². The molecule has 0 aliphatic carbocycles. The second-order valence-corrected chi connectivity index (χ2v) is 5.55. The number of H-pyrrole nitrogens is 1. The van der Waals surface area contributed by atoms with Crippen molar-refractivity contribution in [3.05, 3.63) is 63.9 Å². The van der Waals surface area contributed by atoms with Gasteiger partial charge in [0.15, 0.2) is 3.95 Å². The molecule has 0 aliphatic heterocycles. The number of thiazole rings is 1. The van der Waals surface area contributed by atoms with E-state index in [1.165, 1.54) is 16.7 Å². The van der Waals surface area contributed by atoms with Crippen LogP contribution in [0, 0.1) is 3.95 Å². The third-order valence-electron chi connectivity index (χ3n) is 2.82. The first kappa shape index (κ1) is 11.4. The summed E-state index contributed by atoms with van der Waals surface area (Å²) in [5, 5.41) is 2.06. The first-order valence-corrected chi connectivity index (χ1v) is 6.95. The normalized spacial score (nSPS) is 10.4. The van der Waals surface area contributed by atoms with Gasteiger partial charge in [0.2, 0.25) is 0 Å². The zero-order valence-corrected chi connectivity index (χ0v) is 11.2. The Morgan fingerprint density at radius 1 is 0.778 bits per heavy atom. The summed E-state index contributed by atoms with van der Waals surface area (Å²) in [6, 6.07) is 18.9. The largest absolute Gasteiger partial charge is 0.337 e. The molecule has 18 heavy (non-hydrogen) atoms. The molecule has 2 aromatic carbocycles. The molecule has 0 radical (unpaired) electrons. The summed E-state index contributed by atoms with van der Waals surface area (Å²) in [6.45, 7) is 0. The minimum Gasteiger partial charge on any atom is -0.337 e. The number of hydrogen-bond donors (Lipinski definition) is 1. The highest BCUT2D eigenvalue weighted by Crippen LogP contribution is 2.24. The quantitative estimate of drug-likeness (QED) is 0.637. The van der Waals surface area contributed by atoms with Crippen LogP contribution < -0.4 is 0 Å². The Bertz CT molecular complexity index is 693. The monoisotopic (exact) mass is 269 g/mol. The Balaban J connectivity index is 1.97. The van der Waals surface area contributed by atoms with Crippen molar-refractivity contribution < 1.29 is 0 Å². The molecule has 1 aromatic heterocycles. The van der Waals surface area contributed by atoms with Gasteiger partial charge in [0.05, 0.1) is 5.69 Å². The van der Waals surface area contributed by atoms with Crippen molar-refractivity contribution in [2.24, 2.45) is 0 Å². The lowest BCUT2D eigenvalue weighted by Crippen LogP contribution is -1.79. The molecule has 3 heteroatoms. The average molecular weight is 269 g/mol. The van der Waals surface area contributed by atoms with Crippen LogP contribution in [0.5, 0.6) is 0 Å². The van der Waals surface area contributed by atoms with Crippen LogP contribution in [0.1, 0.15) is 0 Å². The number of nitrogens with one attached hydrogen (secondary N) is 1. The smallest absolute Gasteiger partial charge is 0.158 e. The summed E-state index contributed by atoms with van der Waals surface area (Å²) in [5.41, 5.74) is 4.72. The Morgan fingerprint density at radius 3 is 2.00 bits per heavy atom. The van der Waals surface area contributed by atoms with Crippen molar-refractivity contribution in [3.63, 3.8) is 0 Å². The van der Waals surface area contributed by atoms with E-state index >= 15 is 0 Å². The number of benzene rings is 2. The summed E-state index contributed by atoms with van der Waals surface area (Å²) in [6.07, 6.45) is 0. The minimum atomic E-state index is 0.817. The van der Waals surface area contributed by atoms with Crippen LogP contribution in [0.25, 0.3) is 22.4 Å². The molecule has 3 rings (SSSR count). The molecule has 0 fully saturated rings. The second-order valence-electron chi connectivity index (χ2n) is 4.01. The molecule has 0 bridgehead atoms. The van der Waals surface area contributed by atoms with Gasteiger partial charge in [-0.05, 0) is 28.9 Å². The molecule has 0 amide bonds. The molecule has 3 aromatic rings. The minimum absolute atomic E-state index is 0.817. The maximum absolute atomic E-state index is 5.10. The van der Waals surface area contributed by atoms with Gasteiger partial charge in [0, 0.05) is 5.38 Å². The second kappa shape index (κ2) is 4.88. The van der Waals surface area contributed by atoms with Gasteiger partial charge in [-0.1, -0.05) is 54.6 Å². The highest BCUT2D eigenvalue weighted by molar-refractivity contribution is 7.73. The number of aromatic amines is 1. The maximum atomic E-state index is 5.10. The van der Waals surface area contributed by atoms with Crippen molar-refractivity contribution in [2.45, 2.75) is 0 Å². The summed E-state index contributed by atoms with van der Waals surface area (Å²) in [4.78, 5) is 3.18. The van der Waals surface area contributed by atoms with Crippen LogP contribution in [0.3, 0.4) is 0 Å².